The molecule has 0 atom stereocenters. The summed E-state index contributed by atoms with van der Waals surface area (Å²) in [5.41, 5.74) is 6.42. The van der Waals surface area contributed by atoms with Crippen LogP contribution < -0.4 is 20.3 Å². The van der Waals surface area contributed by atoms with Gasteiger partial charge >= 0.3 is 0 Å². The minimum Gasteiger partial charge on any atom is -0.482 e. The van der Waals surface area contributed by atoms with E-state index in [-0.39, 0.29) is 18.3 Å². The van der Waals surface area contributed by atoms with Crippen LogP contribution in [0.4, 0.5) is 26.4 Å². The van der Waals surface area contributed by atoms with Crippen molar-refractivity contribution in [1.29, 1.82) is 0 Å². The molecule has 6 rings (SSSR count). The first-order valence-corrected chi connectivity index (χ1v) is 12.9. The molecule has 16 heteroatoms. The van der Waals surface area contributed by atoms with Crippen LogP contribution in [0.1, 0.15) is 5.82 Å². The second-order valence-corrected chi connectivity index (χ2v) is 9.61. The summed E-state index contributed by atoms with van der Waals surface area (Å²) in [5.74, 6) is 0.750. The monoisotopic (exact) mass is 566 g/mol. The predicted octanol–water partition coefficient (Wildman–Crippen LogP) is 1.61. The summed E-state index contributed by atoms with van der Waals surface area (Å²) in [6.45, 7) is 3.85. The van der Waals surface area contributed by atoms with Gasteiger partial charge in [0.05, 0.1) is 12.0 Å². The third-order valence-electron chi connectivity index (χ3n) is 6.77. The van der Waals surface area contributed by atoms with Gasteiger partial charge in [0, 0.05) is 65.5 Å². The molecule has 0 aliphatic carbocycles. The molecule has 1 aromatic carbocycles. The van der Waals surface area contributed by atoms with Crippen molar-refractivity contribution in [2.75, 3.05) is 61.8 Å². The number of aromatic nitrogens is 8. The van der Waals surface area contributed by atoms with E-state index in [0.29, 0.717) is 67.5 Å². The number of aryl methyl sites for hydroxylation is 1. The van der Waals surface area contributed by atoms with Crippen molar-refractivity contribution in [1.82, 2.24) is 44.2 Å². The van der Waals surface area contributed by atoms with E-state index in [1.807, 2.05) is 16.8 Å². The number of piperazine rings is 1. The first-order valence-electron chi connectivity index (χ1n) is 12.9. The molecule has 4 aromatic heterocycles. The van der Waals surface area contributed by atoms with Crippen molar-refractivity contribution in [3.8, 4) is 17.3 Å². The molecule has 5 aromatic rings. The number of hydrogen-bond donors (Lipinski definition) is 1. The second kappa shape index (κ2) is 11.0. The van der Waals surface area contributed by atoms with Crippen LogP contribution >= 0.6 is 0 Å². The maximum absolute atomic E-state index is 14.7. The average Bonchev–Trinajstić information content (AvgIpc) is 3.73. The Morgan fingerprint density at radius 1 is 1.07 bits per heavy atom. The highest BCUT2D eigenvalue weighted by Gasteiger charge is 2.23. The summed E-state index contributed by atoms with van der Waals surface area (Å²) in [5, 5.41) is 8.43. The number of furan rings is 1. The molecule has 0 bridgehead atoms. The van der Waals surface area contributed by atoms with E-state index in [4.69, 9.17) is 14.9 Å². The van der Waals surface area contributed by atoms with E-state index in [2.05, 4.69) is 35.0 Å². The Labute approximate surface area is 233 Å². The number of benzene rings is 1. The molecule has 2 N–H and O–H groups in total. The lowest BCUT2D eigenvalue weighted by Gasteiger charge is -2.37. The molecule has 1 saturated heterocycles. The van der Waals surface area contributed by atoms with Crippen molar-refractivity contribution in [2.24, 2.45) is 7.05 Å². The molecule has 0 spiro atoms. The molecule has 1 fully saturated rings. The number of halogens is 2. The molecule has 0 saturated carbocycles. The molecule has 14 nitrogen and oxygen atoms in total. The molecule has 1 aliphatic rings. The number of nitrogen functional groups attached to an aromatic ring is 1. The Kier molecular flexibility index (Phi) is 7.05. The van der Waals surface area contributed by atoms with E-state index < -0.39 is 11.6 Å². The third-order valence-corrected chi connectivity index (χ3v) is 6.77. The molecule has 214 valence electrons. The lowest BCUT2D eigenvalue weighted by atomic mass is 10.2. The minimum atomic E-state index is -0.770. The summed E-state index contributed by atoms with van der Waals surface area (Å²) in [7, 11) is 3.60. The van der Waals surface area contributed by atoms with Gasteiger partial charge in [0.1, 0.15) is 18.8 Å². The number of rotatable bonds is 9. The van der Waals surface area contributed by atoms with Crippen LogP contribution in [-0.4, -0.2) is 90.5 Å². The average molecular weight is 567 g/mol. The van der Waals surface area contributed by atoms with Gasteiger partial charge in [-0.05, 0) is 12.1 Å². The largest absolute Gasteiger partial charge is 0.482 e. The quantitative estimate of drug-likeness (QED) is 0.277. The maximum Gasteiger partial charge on any atom is 0.259 e. The van der Waals surface area contributed by atoms with Gasteiger partial charge in [-0.3, -0.25) is 9.58 Å². The Balaban J connectivity index is 1.05. The lowest BCUT2D eigenvalue weighted by molar-refractivity contribution is 0.261. The molecule has 41 heavy (non-hydrogen) atoms. The van der Waals surface area contributed by atoms with Crippen LogP contribution in [0.5, 0.6) is 5.75 Å². The summed E-state index contributed by atoms with van der Waals surface area (Å²) in [4.78, 5) is 23.4. The highest BCUT2D eigenvalue weighted by Crippen LogP contribution is 2.29. The fourth-order valence-corrected chi connectivity index (χ4v) is 4.54. The topological polar surface area (TPSA) is 145 Å². The Bertz CT molecular complexity index is 1650. The number of nitrogens with zero attached hydrogens (tertiary/aromatic N) is 11. The molecule has 5 heterocycles. The minimum absolute atomic E-state index is 0.0192. The first-order chi connectivity index (χ1) is 19.8. The number of ether oxygens (including phenoxy) is 1. The van der Waals surface area contributed by atoms with Gasteiger partial charge in [0.2, 0.25) is 17.7 Å². The van der Waals surface area contributed by atoms with Crippen molar-refractivity contribution in [3.05, 3.63) is 54.3 Å². The van der Waals surface area contributed by atoms with Gasteiger partial charge in [0.25, 0.3) is 5.78 Å². The number of fused-ring (bicyclic) bond motifs is 1. The first kappa shape index (κ1) is 26.4. The summed E-state index contributed by atoms with van der Waals surface area (Å²) < 4.78 is 42.9. The zero-order valence-electron chi connectivity index (χ0n) is 22.5. The van der Waals surface area contributed by atoms with Crippen LogP contribution in [0, 0.1) is 11.6 Å². The number of likely N-dealkylation sites (N-methyl/N-ethyl adjacent to an activating group) is 1. The van der Waals surface area contributed by atoms with Crippen molar-refractivity contribution in [2.45, 2.75) is 6.61 Å². The standard InChI is InChI=1S/C25H28F2N12O2/c1-35(24-31-23(28)39-25(32-24)30-22(34-39)19-4-3-11-40-19)5-6-37-7-9-38(10-8-37)18-13-20(17(27)12-16(18)26)41-14-21-29-15-36(2)33-21/h3-4,11-13,15H,5-10,14H2,1-2H3,(H2,28,30,31,32,34). The van der Waals surface area contributed by atoms with Crippen LogP contribution in [0.2, 0.25) is 0 Å². The molecular weight excluding hydrogens is 538 g/mol. The maximum atomic E-state index is 14.7. The van der Waals surface area contributed by atoms with Crippen molar-refractivity contribution < 1.29 is 17.9 Å². The highest BCUT2D eigenvalue weighted by atomic mass is 19.1. The summed E-state index contributed by atoms with van der Waals surface area (Å²) in [6, 6.07) is 5.76. The third kappa shape index (κ3) is 5.58. The van der Waals surface area contributed by atoms with Gasteiger partial charge < -0.3 is 24.7 Å². The predicted molar refractivity (Wildman–Crippen MR) is 144 cm³/mol. The van der Waals surface area contributed by atoms with E-state index in [1.54, 1.807) is 25.4 Å². The van der Waals surface area contributed by atoms with Gasteiger partial charge in [-0.15, -0.1) is 5.10 Å². The summed E-state index contributed by atoms with van der Waals surface area (Å²) >= 11 is 0. The smallest absolute Gasteiger partial charge is 0.259 e. The van der Waals surface area contributed by atoms with Crippen LogP contribution in [-0.2, 0) is 13.7 Å². The zero-order chi connectivity index (χ0) is 28.5. The van der Waals surface area contributed by atoms with E-state index in [0.717, 1.165) is 12.6 Å². The fourth-order valence-electron chi connectivity index (χ4n) is 4.54. The molecule has 0 radical (unpaired) electrons. The number of anilines is 3. The van der Waals surface area contributed by atoms with Crippen molar-refractivity contribution >= 4 is 23.4 Å². The Hall–Kier alpha value is -4.86. The zero-order valence-corrected chi connectivity index (χ0v) is 22.5. The Morgan fingerprint density at radius 2 is 1.90 bits per heavy atom. The highest BCUT2D eigenvalue weighted by molar-refractivity contribution is 5.54. The van der Waals surface area contributed by atoms with Crippen LogP contribution in [0.25, 0.3) is 17.4 Å². The van der Waals surface area contributed by atoms with Gasteiger partial charge in [0.15, 0.2) is 23.2 Å². The number of hydrogen-bond acceptors (Lipinski definition) is 12. The van der Waals surface area contributed by atoms with E-state index in [1.165, 1.54) is 21.6 Å². The van der Waals surface area contributed by atoms with Crippen LogP contribution in [0.15, 0.2) is 41.3 Å². The second-order valence-electron chi connectivity index (χ2n) is 9.61. The van der Waals surface area contributed by atoms with Gasteiger partial charge in [-0.25, -0.2) is 13.8 Å². The van der Waals surface area contributed by atoms with Crippen LogP contribution in [0.3, 0.4) is 0 Å². The van der Waals surface area contributed by atoms with E-state index in [9.17, 15) is 8.78 Å². The van der Waals surface area contributed by atoms with Gasteiger partial charge in [-0.2, -0.15) is 24.6 Å². The molecule has 0 amide bonds. The molecule has 1 aliphatic heterocycles. The normalized spacial score (nSPS) is 14.2. The number of nitrogens with two attached hydrogens (primary N) is 1. The fraction of sp³-hybridized carbons (Fsp3) is 0.360. The molecular formula is C25H28F2N12O2. The summed E-state index contributed by atoms with van der Waals surface area (Å²) in [6.07, 6.45) is 3.07. The molecule has 0 unspecified atom stereocenters. The van der Waals surface area contributed by atoms with Crippen molar-refractivity contribution in [3.63, 3.8) is 0 Å². The Morgan fingerprint density at radius 3 is 2.63 bits per heavy atom. The van der Waals surface area contributed by atoms with E-state index >= 15 is 0 Å². The lowest BCUT2D eigenvalue weighted by Crippen LogP contribution is -2.48. The van der Waals surface area contributed by atoms with Gasteiger partial charge in [-0.1, -0.05) is 0 Å². The SMILES string of the molecule is CN(CCN1CCN(c2cc(OCc3ncn(C)n3)c(F)cc2F)CC1)c1nc(N)n2nc(-c3ccco3)nc2n1.